The molecule has 3 fully saturated rings. The number of aryl methyl sites for hydroxylation is 2. The van der Waals surface area contributed by atoms with Gasteiger partial charge in [-0.15, -0.1) is 11.3 Å². The number of fused-ring (bicyclic) bond motifs is 2. The molecule has 0 radical (unpaired) electrons. The molecule has 3 saturated heterocycles. The molecule has 3 aliphatic heterocycles. The lowest BCUT2D eigenvalue weighted by Crippen LogP contribution is -2.41. The fourth-order valence-corrected chi connectivity index (χ4v) is 6.90. The molecule has 1 aromatic heterocycles. The highest BCUT2D eigenvalue weighted by Crippen LogP contribution is 2.54. The fraction of sp³-hybridized carbons (Fsp3) is 0.800. The Labute approximate surface area is 159 Å². The zero-order valence-electron chi connectivity index (χ0n) is 15.6. The number of amides is 1. The molecule has 142 valence electrons. The predicted octanol–water partition coefficient (Wildman–Crippen LogP) is 2.53. The number of carbonyl (C=O) groups excluding carboxylic acids is 1. The van der Waals surface area contributed by atoms with Crippen molar-refractivity contribution in [3.63, 3.8) is 0 Å². The molecule has 26 heavy (non-hydrogen) atoms. The first kappa shape index (κ1) is 17.1. The molecule has 1 aromatic rings. The van der Waals surface area contributed by atoms with E-state index >= 15 is 0 Å². The molecular formula is C20H29N3O2S. The maximum absolute atomic E-state index is 11.7. The topological polar surface area (TPSA) is 54.5 Å². The first-order chi connectivity index (χ1) is 12.7. The predicted molar refractivity (Wildman–Crippen MR) is 101 cm³/mol. The summed E-state index contributed by atoms with van der Waals surface area (Å²) in [5, 5.41) is 4.41. The van der Waals surface area contributed by atoms with Crippen LogP contribution in [-0.4, -0.2) is 47.1 Å². The lowest BCUT2D eigenvalue weighted by atomic mass is 9.73. The van der Waals surface area contributed by atoms with Gasteiger partial charge < -0.3 is 10.1 Å². The summed E-state index contributed by atoms with van der Waals surface area (Å²) >= 11 is 1.93. The molecule has 4 heterocycles. The molecule has 5 rings (SSSR count). The zero-order chi connectivity index (χ0) is 17.7. The second-order valence-corrected chi connectivity index (χ2v) is 9.71. The van der Waals surface area contributed by atoms with Gasteiger partial charge in [0.05, 0.1) is 23.9 Å². The van der Waals surface area contributed by atoms with Crippen molar-refractivity contribution >= 4 is 17.2 Å². The standard InChI is InChI=1S/C20H29N3O2S/c1-2-18(24)21-9-13-14-10-23(12-20(14)8-7-16(13)25-20)11-19-22-15-5-3-4-6-17(15)26-19/h13-14,16H,2-12H2,1H3,(H,21,24)/t13-,14+,16+,20+/m0/s1. The number of likely N-dealkylation sites (tertiary alicyclic amines) is 1. The van der Waals surface area contributed by atoms with Crippen molar-refractivity contribution in [1.29, 1.82) is 0 Å². The molecule has 1 N–H and O–H groups in total. The highest BCUT2D eigenvalue weighted by Gasteiger charge is 2.62. The van der Waals surface area contributed by atoms with Gasteiger partial charge in [-0.1, -0.05) is 6.92 Å². The van der Waals surface area contributed by atoms with Crippen LogP contribution in [0.3, 0.4) is 0 Å². The van der Waals surface area contributed by atoms with E-state index < -0.39 is 0 Å². The van der Waals surface area contributed by atoms with Gasteiger partial charge in [-0.3, -0.25) is 9.69 Å². The third-order valence-corrected chi connectivity index (χ3v) is 8.10. The number of hydrogen-bond acceptors (Lipinski definition) is 5. The largest absolute Gasteiger partial charge is 0.370 e. The van der Waals surface area contributed by atoms with Crippen LogP contribution in [0.25, 0.3) is 0 Å². The highest BCUT2D eigenvalue weighted by atomic mass is 32.1. The number of nitrogens with zero attached hydrogens (tertiary/aromatic N) is 2. The summed E-state index contributed by atoms with van der Waals surface area (Å²) in [4.78, 5) is 20.7. The third kappa shape index (κ3) is 2.81. The van der Waals surface area contributed by atoms with Gasteiger partial charge in [-0.05, 0) is 38.5 Å². The number of aromatic nitrogens is 1. The van der Waals surface area contributed by atoms with Gasteiger partial charge in [0.2, 0.25) is 5.91 Å². The van der Waals surface area contributed by atoms with E-state index in [1.165, 1.54) is 47.7 Å². The van der Waals surface area contributed by atoms with E-state index in [1.807, 2.05) is 18.3 Å². The lowest BCUT2D eigenvalue weighted by molar-refractivity contribution is -0.121. The van der Waals surface area contributed by atoms with Crippen LogP contribution >= 0.6 is 11.3 Å². The highest BCUT2D eigenvalue weighted by molar-refractivity contribution is 7.11. The van der Waals surface area contributed by atoms with Crippen LogP contribution in [0, 0.1) is 11.8 Å². The lowest BCUT2D eigenvalue weighted by Gasteiger charge is -2.29. The summed E-state index contributed by atoms with van der Waals surface area (Å²) in [7, 11) is 0. The molecular weight excluding hydrogens is 346 g/mol. The first-order valence-corrected chi connectivity index (χ1v) is 11.1. The summed E-state index contributed by atoms with van der Waals surface area (Å²) in [6.07, 6.45) is 8.27. The van der Waals surface area contributed by atoms with E-state index in [0.29, 0.717) is 24.4 Å². The van der Waals surface area contributed by atoms with Crippen molar-refractivity contribution in [1.82, 2.24) is 15.2 Å². The molecule has 5 nitrogen and oxygen atoms in total. The molecule has 4 atom stereocenters. The van der Waals surface area contributed by atoms with E-state index in [-0.39, 0.29) is 11.5 Å². The van der Waals surface area contributed by atoms with Crippen LogP contribution in [0.2, 0.25) is 0 Å². The van der Waals surface area contributed by atoms with Gasteiger partial charge in [0.1, 0.15) is 5.01 Å². The number of carbonyl (C=O) groups is 1. The number of nitrogens with one attached hydrogen (secondary N) is 1. The van der Waals surface area contributed by atoms with Crippen LogP contribution < -0.4 is 5.32 Å². The molecule has 2 bridgehead atoms. The van der Waals surface area contributed by atoms with E-state index in [1.54, 1.807) is 0 Å². The Morgan fingerprint density at radius 1 is 1.42 bits per heavy atom. The smallest absolute Gasteiger partial charge is 0.219 e. The van der Waals surface area contributed by atoms with Gasteiger partial charge in [-0.2, -0.15) is 0 Å². The maximum atomic E-state index is 11.7. The van der Waals surface area contributed by atoms with Crippen molar-refractivity contribution in [2.45, 2.75) is 70.1 Å². The Morgan fingerprint density at radius 2 is 2.31 bits per heavy atom. The number of thiazole rings is 1. The van der Waals surface area contributed by atoms with E-state index in [0.717, 1.165) is 32.6 Å². The van der Waals surface area contributed by atoms with E-state index in [4.69, 9.17) is 9.72 Å². The van der Waals surface area contributed by atoms with Gasteiger partial charge in [0.15, 0.2) is 0 Å². The van der Waals surface area contributed by atoms with Crippen LogP contribution in [0.15, 0.2) is 0 Å². The first-order valence-electron chi connectivity index (χ1n) is 10.3. The quantitative estimate of drug-likeness (QED) is 0.859. The average molecular weight is 376 g/mol. The van der Waals surface area contributed by atoms with Crippen molar-refractivity contribution in [2.24, 2.45) is 11.8 Å². The Kier molecular flexibility index (Phi) is 4.33. The third-order valence-electron chi connectivity index (χ3n) is 6.96. The number of hydrogen-bond donors (Lipinski definition) is 1. The molecule has 1 aliphatic carbocycles. The zero-order valence-corrected chi connectivity index (χ0v) is 16.4. The molecule has 6 heteroatoms. The molecule has 0 saturated carbocycles. The van der Waals surface area contributed by atoms with E-state index in [2.05, 4.69) is 10.2 Å². The van der Waals surface area contributed by atoms with Crippen LogP contribution in [0.5, 0.6) is 0 Å². The van der Waals surface area contributed by atoms with Gasteiger partial charge in [-0.25, -0.2) is 4.98 Å². The molecule has 0 aromatic carbocycles. The van der Waals surface area contributed by atoms with Gasteiger partial charge in [0, 0.05) is 42.8 Å². The van der Waals surface area contributed by atoms with Crippen LogP contribution in [-0.2, 0) is 28.9 Å². The van der Waals surface area contributed by atoms with Crippen LogP contribution in [0.1, 0.15) is 54.6 Å². The van der Waals surface area contributed by atoms with Crippen LogP contribution in [0.4, 0.5) is 0 Å². The summed E-state index contributed by atoms with van der Waals surface area (Å²) < 4.78 is 6.50. The SMILES string of the molecule is CCC(=O)NC[C@H]1[C@H]2CN(Cc3nc4c(s3)CCCC4)C[C@]23CC[C@H]1O3. The number of ether oxygens (including phenoxy) is 1. The monoisotopic (exact) mass is 375 g/mol. The molecule has 1 amide bonds. The summed E-state index contributed by atoms with van der Waals surface area (Å²) in [6.45, 7) is 5.80. The number of rotatable bonds is 5. The second-order valence-electron chi connectivity index (χ2n) is 8.54. The molecule has 1 spiro atoms. The van der Waals surface area contributed by atoms with Crippen molar-refractivity contribution < 1.29 is 9.53 Å². The van der Waals surface area contributed by atoms with Gasteiger partial charge in [0.25, 0.3) is 0 Å². The Morgan fingerprint density at radius 3 is 3.15 bits per heavy atom. The van der Waals surface area contributed by atoms with E-state index in [9.17, 15) is 4.79 Å². The minimum Gasteiger partial charge on any atom is -0.370 e. The van der Waals surface area contributed by atoms with Crippen molar-refractivity contribution in [3.05, 3.63) is 15.6 Å². The Balaban J connectivity index is 1.26. The average Bonchev–Trinajstić information content (AvgIpc) is 3.37. The van der Waals surface area contributed by atoms with Gasteiger partial charge >= 0.3 is 0 Å². The van der Waals surface area contributed by atoms with Crippen molar-refractivity contribution in [2.75, 3.05) is 19.6 Å². The minimum absolute atomic E-state index is 0.0448. The molecule has 4 aliphatic rings. The minimum atomic E-state index is 0.0448. The second kappa shape index (κ2) is 6.57. The normalized spacial score (nSPS) is 35.5. The summed E-state index contributed by atoms with van der Waals surface area (Å²) in [6, 6.07) is 0. The summed E-state index contributed by atoms with van der Waals surface area (Å²) in [5.74, 6) is 1.20. The fourth-order valence-electron chi connectivity index (χ4n) is 5.70. The molecule has 0 unspecified atom stereocenters. The Bertz CT molecular complexity index is 682. The van der Waals surface area contributed by atoms with Crippen molar-refractivity contribution in [3.8, 4) is 0 Å². The maximum Gasteiger partial charge on any atom is 0.219 e. The Hall–Kier alpha value is -0.980. The summed E-state index contributed by atoms with van der Waals surface area (Å²) in [5.41, 5.74) is 1.41.